The summed E-state index contributed by atoms with van der Waals surface area (Å²) >= 11 is 5.97. The molecule has 0 saturated carbocycles. The number of rotatable bonds is 6. The molecular weight excluding hydrogens is 580 g/mol. The lowest BCUT2D eigenvalue weighted by molar-refractivity contribution is -0.140. The lowest BCUT2D eigenvalue weighted by atomic mass is 9.79. The zero-order chi connectivity index (χ0) is 30.2. The molecular formula is C29H19ClF8N2O. The van der Waals surface area contributed by atoms with Gasteiger partial charge < -0.3 is 5.32 Å². The SMILES string of the molecule is Cc1ccc(C[C@](NC(=O)c2ccc(F)c(C(F)(F)F)c2)(c2cc(F)cc(C(F)(F)F)c2)c2ccc(Cl)cn2)cc1. The Morgan fingerprint density at radius 1 is 0.829 bits per heavy atom. The first kappa shape index (κ1) is 30.0. The van der Waals surface area contributed by atoms with Gasteiger partial charge in [-0.3, -0.25) is 9.78 Å². The van der Waals surface area contributed by atoms with Gasteiger partial charge in [-0.15, -0.1) is 0 Å². The van der Waals surface area contributed by atoms with E-state index in [2.05, 4.69) is 10.3 Å². The van der Waals surface area contributed by atoms with E-state index < -0.39 is 57.7 Å². The maximum atomic E-state index is 14.7. The number of benzene rings is 3. The number of alkyl halides is 6. The summed E-state index contributed by atoms with van der Waals surface area (Å²) < 4.78 is 110. The minimum atomic E-state index is -5.14. The van der Waals surface area contributed by atoms with Crippen molar-refractivity contribution in [3.8, 4) is 0 Å². The van der Waals surface area contributed by atoms with E-state index in [-0.39, 0.29) is 29.3 Å². The van der Waals surface area contributed by atoms with E-state index in [4.69, 9.17) is 11.6 Å². The molecule has 12 heteroatoms. The molecule has 1 atom stereocenters. The van der Waals surface area contributed by atoms with Gasteiger partial charge in [0.2, 0.25) is 0 Å². The largest absolute Gasteiger partial charge is 0.419 e. The van der Waals surface area contributed by atoms with Crippen molar-refractivity contribution in [2.24, 2.45) is 0 Å². The normalized spacial score (nSPS) is 13.5. The van der Waals surface area contributed by atoms with Gasteiger partial charge >= 0.3 is 12.4 Å². The maximum absolute atomic E-state index is 14.7. The van der Waals surface area contributed by atoms with Crippen molar-refractivity contribution in [2.75, 3.05) is 0 Å². The second-order valence-electron chi connectivity index (χ2n) is 9.30. The molecule has 214 valence electrons. The Bertz CT molecular complexity index is 1570. The Hall–Kier alpha value is -3.99. The molecule has 0 spiro atoms. The third kappa shape index (κ3) is 6.67. The van der Waals surface area contributed by atoms with Gasteiger partial charge in [-0.1, -0.05) is 41.4 Å². The summed E-state index contributed by atoms with van der Waals surface area (Å²) in [6, 6.07) is 12.4. The maximum Gasteiger partial charge on any atom is 0.419 e. The number of amides is 1. The molecule has 1 N–H and O–H groups in total. The number of hydrogen-bond donors (Lipinski definition) is 1. The summed E-state index contributed by atoms with van der Waals surface area (Å²) in [5.74, 6) is -4.12. The quantitative estimate of drug-likeness (QED) is 0.227. The minimum absolute atomic E-state index is 0.0901. The van der Waals surface area contributed by atoms with E-state index in [0.717, 1.165) is 23.9 Å². The highest BCUT2D eigenvalue weighted by Crippen LogP contribution is 2.39. The number of nitrogens with one attached hydrogen (secondary N) is 1. The van der Waals surface area contributed by atoms with Crippen LogP contribution in [0.1, 0.15) is 43.9 Å². The van der Waals surface area contributed by atoms with E-state index in [9.17, 15) is 39.9 Å². The van der Waals surface area contributed by atoms with Gasteiger partial charge in [0.25, 0.3) is 5.91 Å². The number of carbonyl (C=O) groups is 1. The van der Waals surface area contributed by atoms with Crippen LogP contribution in [-0.4, -0.2) is 10.9 Å². The third-order valence-electron chi connectivity index (χ3n) is 6.33. The van der Waals surface area contributed by atoms with Gasteiger partial charge in [-0.25, -0.2) is 8.78 Å². The van der Waals surface area contributed by atoms with E-state index in [0.29, 0.717) is 17.7 Å². The van der Waals surface area contributed by atoms with Crippen LogP contribution in [0.15, 0.2) is 79.0 Å². The van der Waals surface area contributed by atoms with Gasteiger partial charge in [-0.2, -0.15) is 26.3 Å². The van der Waals surface area contributed by atoms with Gasteiger partial charge in [0, 0.05) is 18.2 Å². The number of hydrogen-bond acceptors (Lipinski definition) is 2. The zero-order valence-corrected chi connectivity index (χ0v) is 21.7. The molecule has 3 aromatic carbocycles. The highest BCUT2D eigenvalue weighted by molar-refractivity contribution is 6.30. The van der Waals surface area contributed by atoms with Crippen molar-refractivity contribution in [1.82, 2.24) is 10.3 Å². The molecule has 1 aromatic heterocycles. The molecule has 1 heterocycles. The fraction of sp³-hybridized carbons (Fsp3) is 0.172. The van der Waals surface area contributed by atoms with Crippen LogP contribution >= 0.6 is 11.6 Å². The first-order valence-electron chi connectivity index (χ1n) is 11.8. The van der Waals surface area contributed by atoms with Crippen molar-refractivity contribution in [3.63, 3.8) is 0 Å². The van der Waals surface area contributed by atoms with Gasteiger partial charge in [0.05, 0.1) is 21.8 Å². The van der Waals surface area contributed by atoms with E-state index in [1.54, 1.807) is 31.2 Å². The molecule has 41 heavy (non-hydrogen) atoms. The molecule has 0 aliphatic carbocycles. The minimum Gasteiger partial charge on any atom is -0.337 e. The average molecular weight is 599 g/mol. The Kier molecular flexibility index (Phi) is 8.13. The Balaban J connectivity index is 1.98. The monoisotopic (exact) mass is 598 g/mol. The Morgan fingerprint density at radius 3 is 2.07 bits per heavy atom. The molecule has 0 radical (unpaired) electrons. The van der Waals surface area contributed by atoms with Crippen LogP contribution in [0.4, 0.5) is 35.1 Å². The van der Waals surface area contributed by atoms with Crippen LogP contribution in [0.5, 0.6) is 0 Å². The summed E-state index contributed by atoms with van der Waals surface area (Å²) in [6.45, 7) is 1.79. The second-order valence-corrected chi connectivity index (χ2v) is 9.74. The first-order valence-corrected chi connectivity index (χ1v) is 12.2. The molecule has 0 bridgehead atoms. The summed E-state index contributed by atoms with van der Waals surface area (Å²) in [7, 11) is 0. The summed E-state index contributed by atoms with van der Waals surface area (Å²) in [6.07, 6.45) is -9.28. The van der Waals surface area contributed by atoms with Crippen molar-refractivity contribution in [2.45, 2.75) is 31.2 Å². The first-order chi connectivity index (χ1) is 19.1. The van der Waals surface area contributed by atoms with E-state index in [1.807, 2.05) is 0 Å². The number of pyridine rings is 1. The molecule has 0 aliphatic rings. The van der Waals surface area contributed by atoms with Crippen LogP contribution < -0.4 is 5.32 Å². The lowest BCUT2D eigenvalue weighted by Gasteiger charge is -2.36. The molecule has 4 aromatic rings. The fourth-order valence-electron chi connectivity index (χ4n) is 4.31. The fourth-order valence-corrected chi connectivity index (χ4v) is 4.42. The number of carbonyl (C=O) groups excluding carboxylic acids is 1. The van der Waals surface area contributed by atoms with E-state index in [1.165, 1.54) is 12.1 Å². The molecule has 0 saturated heterocycles. The van der Waals surface area contributed by atoms with Crippen molar-refractivity contribution >= 4 is 17.5 Å². The van der Waals surface area contributed by atoms with Crippen molar-refractivity contribution in [1.29, 1.82) is 0 Å². The second kappa shape index (κ2) is 11.1. The molecule has 3 nitrogen and oxygen atoms in total. The van der Waals surface area contributed by atoms with E-state index >= 15 is 0 Å². The molecule has 4 rings (SSSR count). The summed E-state index contributed by atoms with van der Waals surface area (Å²) in [5, 5.41) is 2.63. The van der Waals surface area contributed by atoms with Crippen molar-refractivity contribution < 1.29 is 39.9 Å². The van der Waals surface area contributed by atoms with Crippen LogP contribution in [0, 0.1) is 18.6 Å². The standard InChI is InChI=1S/C29H19ClF8N2O/c1-16-2-4-17(5-3-16)14-27(25-9-7-21(30)15-39-25,19-11-20(28(33,34)35)13-22(31)12-19)40-26(41)18-6-8-24(32)23(10-18)29(36,37)38/h2-13,15H,14H2,1H3,(H,40,41)/t27-/m0/s1. The number of halogens is 9. The van der Waals surface area contributed by atoms with Gasteiger partial charge in [0.15, 0.2) is 0 Å². The zero-order valence-electron chi connectivity index (χ0n) is 21.0. The number of nitrogens with zero attached hydrogens (tertiary/aromatic N) is 1. The average Bonchev–Trinajstić information content (AvgIpc) is 2.88. The predicted molar refractivity (Wildman–Crippen MR) is 135 cm³/mol. The molecule has 0 unspecified atom stereocenters. The molecule has 1 amide bonds. The predicted octanol–water partition coefficient (Wildman–Crippen LogP) is 8.28. The highest BCUT2D eigenvalue weighted by atomic mass is 35.5. The summed E-state index contributed by atoms with van der Waals surface area (Å²) in [4.78, 5) is 17.7. The van der Waals surface area contributed by atoms with Crippen molar-refractivity contribution in [3.05, 3.63) is 135 Å². The Morgan fingerprint density at radius 2 is 1.49 bits per heavy atom. The number of aromatic nitrogens is 1. The smallest absolute Gasteiger partial charge is 0.337 e. The third-order valence-corrected chi connectivity index (χ3v) is 6.56. The van der Waals surface area contributed by atoms with Gasteiger partial charge in [-0.05, 0) is 66.6 Å². The van der Waals surface area contributed by atoms with Gasteiger partial charge in [0.1, 0.15) is 17.2 Å². The molecule has 0 fully saturated rings. The lowest BCUT2D eigenvalue weighted by Crippen LogP contribution is -2.49. The molecule has 0 aliphatic heterocycles. The van der Waals surface area contributed by atoms with Crippen LogP contribution in [-0.2, 0) is 24.3 Å². The van der Waals surface area contributed by atoms with Crippen LogP contribution in [0.2, 0.25) is 5.02 Å². The Labute approximate surface area is 233 Å². The van der Waals surface area contributed by atoms with Crippen LogP contribution in [0.3, 0.4) is 0 Å². The topological polar surface area (TPSA) is 42.0 Å². The number of aryl methyl sites for hydroxylation is 1. The highest BCUT2D eigenvalue weighted by Gasteiger charge is 2.42. The summed E-state index contributed by atoms with van der Waals surface area (Å²) in [5.41, 5.74) is -4.99. The van der Waals surface area contributed by atoms with Crippen LogP contribution in [0.25, 0.3) is 0 Å².